The SMILES string of the molecule is C=C.C=C/C=C(\C=C/C)c1nc(-c2c(C)cc(SC)cc2C)cs1.CN. The lowest BCUT2D eigenvalue weighted by Crippen LogP contribution is -1.90. The first-order chi connectivity index (χ1) is 12.6. The number of thioether (sulfide) groups is 1. The zero-order valence-corrected chi connectivity index (χ0v) is 18.1. The lowest BCUT2D eigenvalue weighted by atomic mass is 10.0. The van der Waals surface area contributed by atoms with Gasteiger partial charge < -0.3 is 5.73 Å². The molecule has 0 spiro atoms. The zero-order chi connectivity index (χ0) is 20.1. The number of allylic oxidation sites excluding steroid dienone is 5. The van der Waals surface area contributed by atoms with Gasteiger partial charge in [-0.15, -0.1) is 36.3 Å². The van der Waals surface area contributed by atoms with E-state index in [9.17, 15) is 0 Å². The van der Waals surface area contributed by atoms with Crippen molar-refractivity contribution in [2.24, 2.45) is 5.73 Å². The number of aromatic nitrogens is 1. The van der Waals surface area contributed by atoms with Gasteiger partial charge in [0.05, 0.1) is 5.69 Å². The molecule has 1 aromatic carbocycles. The minimum absolute atomic E-state index is 1.03. The van der Waals surface area contributed by atoms with Crippen LogP contribution in [0.3, 0.4) is 0 Å². The van der Waals surface area contributed by atoms with Crippen LogP contribution >= 0.6 is 23.1 Å². The molecule has 2 nitrogen and oxygen atoms in total. The van der Waals surface area contributed by atoms with Crippen molar-refractivity contribution in [3.63, 3.8) is 0 Å². The number of hydrogen-bond donors (Lipinski definition) is 1. The molecule has 1 heterocycles. The Morgan fingerprint density at radius 3 is 2.23 bits per heavy atom. The number of aryl methyl sites for hydroxylation is 2. The number of benzene rings is 1. The standard InChI is InChI=1S/C19H21NS2.C2H4.CH5N/c1-6-8-15(9-7-2)19-20-17(12-22-19)18-13(3)10-16(21-5)11-14(18)4;2*1-2/h6-12H,1H2,2-5H3;1-2H2;2H2,1H3/b9-7-,15-8+;;. The molecule has 0 bridgehead atoms. The summed E-state index contributed by atoms with van der Waals surface area (Å²) in [5, 5.41) is 3.17. The van der Waals surface area contributed by atoms with Crippen molar-refractivity contribution >= 4 is 28.7 Å². The van der Waals surface area contributed by atoms with E-state index in [4.69, 9.17) is 4.98 Å². The van der Waals surface area contributed by atoms with Gasteiger partial charge >= 0.3 is 0 Å². The molecule has 140 valence electrons. The Hall–Kier alpha value is -1.88. The molecule has 0 aliphatic rings. The van der Waals surface area contributed by atoms with Crippen molar-refractivity contribution in [1.82, 2.24) is 4.98 Å². The summed E-state index contributed by atoms with van der Waals surface area (Å²) in [6, 6.07) is 4.47. The molecule has 0 amide bonds. The zero-order valence-electron chi connectivity index (χ0n) is 16.5. The van der Waals surface area contributed by atoms with Crippen LogP contribution in [0.5, 0.6) is 0 Å². The van der Waals surface area contributed by atoms with Gasteiger partial charge in [-0.3, -0.25) is 0 Å². The van der Waals surface area contributed by atoms with Crippen LogP contribution in [0.15, 0.2) is 66.4 Å². The van der Waals surface area contributed by atoms with Crippen LogP contribution in [0, 0.1) is 13.8 Å². The van der Waals surface area contributed by atoms with Crippen LogP contribution in [0.2, 0.25) is 0 Å². The highest BCUT2D eigenvalue weighted by molar-refractivity contribution is 7.98. The first-order valence-corrected chi connectivity index (χ1v) is 10.4. The highest BCUT2D eigenvalue weighted by Crippen LogP contribution is 2.33. The van der Waals surface area contributed by atoms with E-state index in [0.717, 1.165) is 16.3 Å². The molecule has 2 aromatic rings. The van der Waals surface area contributed by atoms with Gasteiger partial charge in [0.2, 0.25) is 0 Å². The summed E-state index contributed by atoms with van der Waals surface area (Å²) in [6.07, 6.45) is 10.0. The van der Waals surface area contributed by atoms with E-state index in [1.807, 2.05) is 19.1 Å². The van der Waals surface area contributed by atoms with E-state index in [1.165, 1.54) is 28.6 Å². The van der Waals surface area contributed by atoms with Gasteiger partial charge in [-0.2, -0.15) is 0 Å². The molecule has 0 fully saturated rings. The number of rotatable bonds is 5. The lowest BCUT2D eigenvalue weighted by Gasteiger charge is -2.09. The molecular formula is C22H30N2S2. The molecule has 0 saturated carbocycles. The van der Waals surface area contributed by atoms with Crippen molar-refractivity contribution in [3.8, 4) is 11.3 Å². The molecule has 0 unspecified atom stereocenters. The topological polar surface area (TPSA) is 38.9 Å². The van der Waals surface area contributed by atoms with Crippen LogP contribution in [-0.2, 0) is 0 Å². The average molecular weight is 387 g/mol. The number of hydrogen-bond acceptors (Lipinski definition) is 4. The van der Waals surface area contributed by atoms with E-state index < -0.39 is 0 Å². The van der Waals surface area contributed by atoms with Gasteiger partial charge in [-0.05, 0) is 57.3 Å². The summed E-state index contributed by atoms with van der Waals surface area (Å²) in [5.41, 5.74) is 10.5. The second-order valence-electron chi connectivity index (χ2n) is 5.03. The van der Waals surface area contributed by atoms with E-state index in [0.29, 0.717) is 0 Å². The highest BCUT2D eigenvalue weighted by atomic mass is 32.2. The normalized spacial score (nSPS) is 10.6. The van der Waals surface area contributed by atoms with E-state index in [-0.39, 0.29) is 0 Å². The summed E-state index contributed by atoms with van der Waals surface area (Å²) < 4.78 is 0. The first kappa shape index (κ1) is 24.1. The quantitative estimate of drug-likeness (QED) is 0.354. The van der Waals surface area contributed by atoms with Crippen LogP contribution in [0.4, 0.5) is 0 Å². The molecule has 0 radical (unpaired) electrons. The Balaban J connectivity index is 0.00000146. The Morgan fingerprint density at radius 2 is 1.77 bits per heavy atom. The third kappa shape index (κ3) is 6.45. The summed E-state index contributed by atoms with van der Waals surface area (Å²) in [6.45, 7) is 16.1. The molecular weight excluding hydrogens is 356 g/mol. The Kier molecular flexibility index (Phi) is 12.4. The highest BCUT2D eigenvalue weighted by Gasteiger charge is 2.12. The number of nitrogens with two attached hydrogens (primary N) is 1. The number of nitrogens with zero attached hydrogens (tertiary/aromatic N) is 1. The fraction of sp³-hybridized carbons (Fsp3) is 0.227. The minimum Gasteiger partial charge on any atom is -0.333 e. The third-order valence-corrected chi connectivity index (χ3v) is 4.99. The van der Waals surface area contributed by atoms with Crippen LogP contribution in [-0.4, -0.2) is 18.3 Å². The molecule has 0 saturated heterocycles. The van der Waals surface area contributed by atoms with E-state index in [2.05, 4.69) is 69.2 Å². The monoisotopic (exact) mass is 386 g/mol. The predicted octanol–water partition coefficient (Wildman–Crippen LogP) is 6.67. The molecule has 0 atom stereocenters. The van der Waals surface area contributed by atoms with E-state index in [1.54, 1.807) is 29.2 Å². The maximum atomic E-state index is 4.84. The second-order valence-corrected chi connectivity index (χ2v) is 6.77. The number of thiazole rings is 1. The molecule has 0 aliphatic heterocycles. The van der Waals surface area contributed by atoms with Crippen LogP contribution in [0.25, 0.3) is 16.8 Å². The van der Waals surface area contributed by atoms with Crippen molar-refractivity contribution in [3.05, 3.63) is 77.7 Å². The maximum Gasteiger partial charge on any atom is 0.124 e. The summed E-state index contributed by atoms with van der Waals surface area (Å²) in [7, 11) is 1.50. The Labute approximate surface area is 167 Å². The largest absolute Gasteiger partial charge is 0.333 e. The Bertz CT molecular complexity index is 732. The fourth-order valence-corrected chi connectivity index (χ4v) is 3.88. The summed E-state index contributed by atoms with van der Waals surface area (Å²) in [5.74, 6) is 0. The van der Waals surface area contributed by atoms with Crippen LogP contribution in [0.1, 0.15) is 23.1 Å². The smallest absolute Gasteiger partial charge is 0.124 e. The van der Waals surface area contributed by atoms with Gasteiger partial charge in [-0.1, -0.05) is 30.9 Å². The van der Waals surface area contributed by atoms with Crippen molar-refractivity contribution in [2.75, 3.05) is 13.3 Å². The van der Waals surface area contributed by atoms with E-state index >= 15 is 0 Å². The van der Waals surface area contributed by atoms with Gasteiger partial charge in [0.1, 0.15) is 5.01 Å². The van der Waals surface area contributed by atoms with Gasteiger partial charge in [0, 0.05) is 21.4 Å². The maximum absolute atomic E-state index is 4.84. The van der Waals surface area contributed by atoms with Crippen molar-refractivity contribution < 1.29 is 0 Å². The summed E-state index contributed by atoms with van der Waals surface area (Å²) >= 11 is 3.45. The van der Waals surface area contributed by atoms with Crippen molar-refractivity contribution in [2.45, 2.75) is 25.7 Å². The minimum atomic E-state index is 1.03. The average Bonchev–Trinajstić information content (AvgIpc) is 3.13. The molecule has 26 heavy (non-hydrogen) atoms. The predicted molar refractivity (Wildman–Crippen MR) is 123 cm³/mol. The first-order valence-electron chi connectivity index (χ1n) is 8.25. The molecule has 2 N–H and O–H groups in total. The third-order valence-electron chi connectivity index (χ3n) is 3.39. The molecule has 4 heteroatoms. The van der Waals surface area contributed by atoms with Gasteiger partial charge in [0.15, 0.2) is 0 Å². The van der Waals surface area contributed by atoms with Gasteiger partial charge in [-0.25, -0.2) is 4.98 Å². The summed E-state index contributed by atoms with van der Waals surface area (Å²) in [4.78, 5) is 6.14. The second kappa shape index (κ2) is 13.3. The van der Waals surface area contributed by atoms with Gasteiger partial charge in [0.25, 0.3) is 0 Å². The fourth-order valence-electron chi connectivity index (χ4n) is 2.47. The lowest BCUT2D eigenvalue weighted by molar-refractivity contribution is 1.26. The molecule has 0 aliphatic carbocycles. The molecule has 1 aromatic heterocycles. The van der Waals surface area contributed by atoms with Crippen molar-refractivity contribution in [1.29, 1.82) is 0 Å². The van der Waals surface area contributed by atoms with Crippen LogP contribution < -0.4 is 5.73 Å². The molecule has 2 rings (SSSR count). The Morgan fingerprint density at radius 1 is 1.19 bits per heavy atom.